The maximum Gasteiger partial charge on any atom is 0.387 e. The SMILES string of the molecule is Cl.NCC(=O)NCc1ccc(OC(F)F)cc1. The second kappa shape index (κ2) is 7.81. The van der Waals surface area contributed by atoms with Crippen LogP contribution in [0.1, 0.15) is 5.56 Å². The van der Waals surface area contributed by atoms with Crippen molar-refractivity contribution < 1.29 is 18.3 Å². The first-order valence-electron chi connectivity index (χ1n) is 4.62. The Labute approximate surface area is 104 Å². The molecule has 0 aliphatic heterocycles. The molecule has 0 spiro atoms. The second-order valence-electron chi connectivity index (χ2n) is 3.00. The monoisotopic (exact) mass is 266 g/mol. The minimum Gasteiger partial charge on any atom is -0.435 e. The molecule has 1 amide bonds. The number of ether oxygens (including phenoxy) is 1. The van der Waals surface area contributed by atoms with E-state index in [9.17, 15) is 13.6 Å². The van der Waals surface area contributed by atoms with E-state index >= 15 is 0 Å². The van der Waals surface area contributed by atoms with Crippen LogP contribution in [0.25, 0.3) is 0 Å². The smallest absolute Gasteiger partial charge is 0.387 e. The van der Waals surface area contributed by atoms with E-state index in [1.807, 2.05) is 0 Å². The van der Waals surface area contributed by atoms with Crippen LogP contribution >= 0.6 is 12.4 Å². The Morgan fingerprint density at radius 2 is 1.94 bits per heavy atom. The van der Waals surface area contributed by atoms with E-state index in [4.69, 9.17) is 5.73 Å². The third-order valence-corrected chi connectivity index (χ3v) is 1.82. The van der Waals surface area contributed by atoms with Crippen LogP contribution in [0.4, 0.5) is 8.78 Å². The van der Waals surface area contributed by atoms with Crippen LogP contribution in [-0.2, 0) is 11.3 Å². The first-order chi connectivity index (χ1) is 7.61. The molecule has 0 aliphatic rings. The quantitative estimate of drug-likeness (QED) is 0.844. The fraction of sp³-hybridized carbons (Fsp3) is 0.300. The fourth-order valence-electron chi connectivity index (χ4n) is 1.06. The van der Waals surface area contributed by atoms with Crippen LogP contribution in [0.3, 0.4) is 0 Å². The molecule has 0 saturated carbocycles. The van der Waals surface area contributed by atoms with Crippen molar-refractivity contribution in [3.63, 3.8) is 0 Å². The highest BCUT2D eigenvalue weighted by Gasteiger charge is 2.03. The average molecular weight is 267 g/mol. The molecule has 0 aliphatic carbocycles. The molecule has 0 saturated heterocycles. The van der Waals surface area contributed by atoms with Crippen molar-refractivity contribution in [2.24, 2.45) is 5.73 Å². The van der Waals surface area contributed by atoms with Crippen LogP contribution in [0.15, 0.2) is 24.3 Å². The Morgan fingerprint density at radius 3 is 2.41 bits per heavy atom. The third-order valence-electron chi connectivity index (χ3n) is 1.82. The van der Waals surface area contributed by atoms with E-state index in [1.165, 1.54) is 12.1 Å². The third kappa shape index (κ3) is 6.03. The lowest BCUT2D eigenvalue weighted by atomic mass is 10.2. The lowest BCUT2D eigenvalue weighted by Crippen LogP contribution is -2.29. The molecule has 0 atom stereocenters. The maximum absolute atomic E-state index is 11.8. The molecule has 0 aromatic heterocycles. The molecule has 17 heavy (non-hydrogen) atoms. The number of benzene rings is 1. The summed E-state index contributed by atoms with van der Waals surface area (Å²) >= 11 is 0. The summed E-state index contributed by atoms with van der Waals surface area (Å²) in [5.41, 5.74) is 5.88. The van der Waals surface area contributed by atoms with Crippen molar-refractivity contribution >= 4 is 18.3 Å². The number of nitrogens with one attached hydrogen (secondary N) is 1. The van der Waals surface area contributed by atoms with Gasteiger partial charge < -0.3 is 15.8 Å². The Morgan fingerprint density at radius 1 is 1.35 bits per heavy atom. The Balaban J connectivity index is 0.00000256. The molecule has 7 heteroatoms. The van der Waals surface area contributed by atoms with Crippen LogP contribution in [-0.4, -0.2) is 19.1 Å². The van der Waals surface area contributed by atoms with Crippen molar-refractivity contribution in [1.29, 1.82) is 0 Å². The first-order valence-corrected chi connectivity index (χ1v) is 4.62. The Bertz CT molecular complexity index is 347. The summed E-state index contributed by atoms with van der Waals surface area (Å²) in [7, 11) is 0. The average Bonchev–Trinajstić information content (AvgIpc) is 2.27. The summed E-state index contributed by atoms with van der Waals surface area (Å²) in [5, 5.41) is 2.56. The van der Waals surface area contributed by atoms with E-state index in [0.29, 0.717) is 6.54 Å². The largest absolute Gasteiger partial charge is 0.435 e. The highest BCUT2D eigenvalue weighted by Crippen LogP contribution is 2.14. The predicted molar refractivity (Wildman–Crippen MR) is 61.2 cm³/mol. The van der Waals surface area contributed by atoms with Gasteiger partial charge in [-0.2, -0.15) is 8.78 Å². The van der Waals surface area contributed by atoms with Crippen molar-refractivity contribution in [3.05, 3.63) is 29.8 Å². The minimum absolute atomic E-state index is 0. The zero-order valence-corrected chi connectivity index (χ0v) is 9.68. The van der Waals surface area contributed by atoms with Gasteiger partial charge in [0.05, 0.1) is 6.54 Å². The number of hydrogen-bond acceptors (Lipinski definition) is 3. The molecule has 4 nitrogen and oxygen atoms in total. The van der Waals surface area contributed by atoms with Crippen molar-refractivity contribution in [3.8, 4) is 5.75 Å². The van der Waals surface area contributed by atoms with Gasteiger partial charge in [-0.25, -0.2) is 0 Å². The zero-order valence-electron chi connectivity index (χ0n) is 8.86. The van der Waals surface area contributed by atoms with E-state index in [-0.39, 0.29) is 30.6 Å². The number of nitrogens with two attached hydrogens (primary N) is 1. The van der Waals surface area contributed by atoms with Gasteiger partial charge in [0, 0.05) is 6.54 Å². The molecule has 0 unspecified atom stereocenters. The number of carbonyl (C=O) groups is 1. The predicted octanol–water partition coefficient (Wildman–Crippen LogP) is 1.28. The van der Waals surface area contributed by atoms with Gasteiger partial charge in [0.25, 0.3) is 0 Å². The van der Waals surface area contributed by atoms with Gasteiger partial charge in [-0.3, -0.25) is 4.79 Å². The van der Waals surface area contributed by atoms with Crippen LogP contribution in [0, 0.1) is 0 Å². The lowest BCUT2D eigenvalue weighted by Gasteiger charge is -2.06. The van der Waals surface area contributed by atoms with Gasteiger partial charge in [0.15, 0.2) is 0 Å². The molecule has 1 rings (SSSR count). The normalized spacial score (nSPS) is 9.65. The molecule has 0 fully saturated rings. The number of amides is 1. The van der Waals surface area contributed by atoms with E-state index in [0.717, 1.165) is 5.56 Å². The van der Waals surface area contributed by atoms with Gasteiger partial charge >= 0.3 is 6.61 Å². The number of rotatable bonds is 5. The summed E-state index contributed by atoms with van der Waals surface area (Å²) in [6, 6.07) is 6.01. The van der Waals surface area contributed by atoms with Gasteiger partial charge in [0.1, 0.15) is 5.75 Å². The lowest BCUT2D eigenvalue weighted by molar-refractivity contribution is -0.119. The molecule has 0 heterocycles. The van der Waals surface area contributed by atoms with Crippen LogP contribution in [0.2, 0.25) is 0 Å². The highest BCUT2D eigenvalue weighted by atomic mass is 35.5. The first kappa shape index (κ1) is 15.6. The molecular weight excluding hydrogens is 254 g/mol. The Kier molecular flexibility index (Phi) is 7.16. The fourth-order valence-corrected chi connectivity index (χ4v) is 1.06. The molecule has 96 valence electrons. The van der Waals surface area contributed by atoms with Gasteiger partial charge in [-0.15, -0.1) is 12.4 Å². The van der Waals surface area contributed by atoms with E-state index in [2.05, 4.69) is 10.1 Å². The second-order valence-corrected chi connectivity index (χ2v) is 3.00. The van der Waals surface area contributed by atoms with Gasteiger partial charge in [-0.05, 0) is 17.7 Å². The van der Waals surface area contributed by atoms with Gasteiger partial charge in [-0.1, -0.05) is 12.1 Å². The number of carbonyl (C=O) groups excluding carboxylic acids is 1. The summed E-state index contributed by atoms with van der Waals surface area (Å²) in [5.74, 6) is -0.184. The molecule has 3 N–H and O–H groups in total. The van der Waals surface area contributed by atoms with E-state index < -0.39 is 6.61 Å². The standard InChI is InChI=1S/C10H12F2N2O2.ClH/c11-10(12)16-8-3-1-7(2-4-8)6-14-9(15)5-13;/h1-4,10H,5-6,13H2,(H,14,15);1H. The minimum atomic E-state index is -2.83. The van der Waals surface area contributed by atoms with Crippen molar-refractivity contribution in [2.45, 2.75) is 13.2 Å². The Hall–Kier alpha value is -1.40. The summed E-state index contributed by atoms with van der Waals surface area (Å²) in [6.07, 6.45) is 0. The summed E-state index contributed by atoms with van der Waals surface area (Å²) in [4.78, 5) is 10.8. The van der Waals surface area contributed by atoms with E-state index in [1.54, 1.807) is 12.1 Å². The maximum atomic E-state index is 11.8. The molecule has 0 radical (unpaired) electrons. The highest BCUT2D eigenvalue weighted by molar-refractivity contribution is 5.85. The number of hydrogen-bond donors (Lipinski definition) is 2. The van der Waals surface area contributed by atoms with Crippen molar-refractivity contribution in [2.75, 3.05) is 6.54 Å². The summed E-state index contributed by atoms with van der Waals surface area (Å²) < 4.78 is 27.8. The van der Waals surface area contributed by atoms with Crippen LogP contribution < -0.4 is 15.8 Å². The number of alkyl halides is 2. The van der Waals surface area contributed by atoms with Crippen molar-refractivity contribution in [1.82, 2.24) is 5.32 Å². The summed E-state index contributed by atoms with van der Waals surface area (Å²) in [6.45, 7) is -2.60. The van der Waals surface area contributed by atoms with Gasteiger partial charge in [0.2, 0.25) is 5.91 Å². The topological polar surface area (TPSA) is 64.4 Å². The van der Waals surface area contributed by atoms with Crippen LogP contribution in [0.5, 0.6) is 5.75 Å². The zero-order chi connectivity index (χ0) is 12.0. The molecule has 1 aromatic rings. The molecule has 0 bridgehead atoms. The number of halogens is 3. The molecule has 1 aromatic carbocycles. The molecular formula is C10H13ClF2N2O2.